The highest BCUT2D eigenvalue weighted by atomic mass is 35.5. The molecule has 0 aliphatic rings. The molecule has 0 amide bonds. The van der Waals surface area contributed by atoms with Crippen LogP contribution in [-0.4, -0.2) is 47.6 Å². The van der Waals surface area contributed by atoms with Gasteiger partial charge in [-0.1, -0.05) is 23.4 Å². The number of hydrogen-bond donors (Lipinski definition) is 0. The quantitative estimate of drug-likeness (QED) is 0.350. The molecule has 0 saturated heterocycles. The van der Waals surface area contributed by atoms with Gasteiger partial charge in [-0.05, 0) is 43.3 Å². The first kappa shape index (κ1) is 22.0. The van der Waals surface area contributed by atoms with Crippen LogP contribution in [0.1, 0.15) is 17.3 Å². The maximum Gasteiger partial charge on any atom is 0.203 e. The molecule has 9 heteroatoms. The van der Waals surface area contributed by atoms with Gasteiger partial charge < -0.3 is 18.8 Å². The van der Waals surface area contributed by atoms with Gasteiger partial charge in [0.1, 0.15) is 0 Å². The molecule has 0 atom stereocenters. The number of ether oxygens (including phenoxy) is 3. The van der Waals surface area contributed by atoms with E-state index < -0.39 is 0 Å². The Kier molecular flexibility index (Phi) is 7.23. The number of hydrogen-bond acceptors (Lipinski definition) is 7. The number of benzene rings is 2. The topological polar surface area (TPSA) is 75.5 Å². The van der Waals surface area contributed by atoms with Crippen LogP contribution in [0.4, 0.5) is 0 Å². The smallest absolute Gasteiger partial charge is 0.203 e. The van der Waals surface area contributed by atoms with Gasteiger partial charge in [0.05, 0.1) is 27.1 Å². The molecule has 0 bridgehead atoms. The Balaban J connectivity index is 1.80. The van der Waals surface area contributed by atoms with Crippen LogP contribution in [0, 0.1) is 0 Å². The molecule has 0 aliphatic heterocycles. The average molecular weight is 448 g/mol. The van der Waals surface area contributed by atoms with E-state index in [0.717, 1.165) is 11.4 Å². The first-order valence-electron chi connectivity index (χ1n) is 9.17. The number of carbonyl (C=O) groups excluding carboxylic acids is 1. The maximum absolute atomic E-state index is 12.8. The van der Waals surface area contributed by atoms with E-state index in [4.69, 9.17) is 25.8 Å². The number of nitrogens with zero attached hydrogens (tertiary/aromatic N) is 3. The van der Waals surface area contributed by atoms with Gasteiger partial charge in [-0.3, -0.25) is 4.79 Å². The molecule has 30 heavy (non-hydrogen) atoms. The summed E-state index contributed by atoms with van der Waals surface area (Å²) in [5.41, 5.74) is 1.38. The van der Waals surface area contributed by atoms with Crippen molar-refractivity contribution in [2.24, 2.45) is 0 Å². The second-order valence-corrected chi connectivity index (χ2v) is 7.56. The van der Waals surface area contributed by atoms with Crippen molar-refractivity contribution in [1.82, 2.24) is 14.8 Å². The summed E-state index contributed by atoms with van der Waals surface area (Å²) < 4.78 is 17.9. The minimum absolute atomic E-state index is 0.0852. The largest absolute Gasteiger partial charge is 0.493 e. The van der Waals surface area contributed by atoms with Crippen molar-refractivity contribution in [2.75, 3.05) is 27.1 Å². The zero-order valence-electron chi connectivity index (χ0n) is 17.1. The van der Waals surface area contributed by atoms with Gasteiger partial charge in [0.25, 0.3) is 0 Å². The van der Waals surface area contributed by atoms with Gasteiger partial charge in [-0.25, -0.2) is 0 Å². The first-order valence-corrected chi connectivity index (χ1v) is 10.5. The fraction of sp³-hybridized carbons (Fsp3) is 0.286. The SMILES string of the molecule is CCn1c(SCC(=O)c2cc(OC)c(OC)c(OC)c2)nnc1-c1ccc(Cl)cc1. The Hall–Kier alpha value is -2.71. The van der Waals surface area contributed by atoms with Crippen LogP contribution in [0.25, 0.3) is 11.4 Å². The van der Waals surface area contributed by atoms with Crippen LogP contribution < -0.4 is 14.2 Å². The third kappa shape index (κ3) is 4.55. The Labute approximate surface area is 184 Å². The van der Waals surface area contributed by atoms with Crippen LogP contribution in [0.3, 0.4) is 0 Å². The molecule has 0 radical (unpaired) electrons. The van der Waals surface area contributed by atoms with Crippen molar-refractivity contribution in [3.05, 3.63) is 47.0 Å². The molecule has 0 N–H and O–H groups in total. The standard InChI is InChI=1S/C21H22ClN3O4S/c1-5-25-20(13-6-8-15(22)9-7-13)23-24-21(25)30-12-16(26)14-10-17(27-2)19(29-4)18(11-14)28-3/h6-11H,5,12H2,1-4H3. The molecule has 0 saturated carbocycles. The fourth-order valence-electron chi connectivity index (χ4n) is 2.95. The van der Waals surface area contributed by atoms with Gasteiger partial charge >= 0.3 is 0 Å². The summed E-state index contributed by atoms with van der Waals surface area (Å²) in [5, 5.41) is 9.89. The molecule has 0 aliphatic carbocycles. The number of carbonyl (C=O) groups is 1. The van der Waals surface area contributed by atoms with Gasteiger partial charge in [0.15, 0.2) is 28.3 Å². The van der Waals surface area contributed by atoms with Crippen LogP contribution >= 0.6 is 23.4 Å². The van der Waals surface area contributed by atoms with E-state index in [1.807, 2.05) is 35.8 Å². The summed E-state index contributed by atoms with van der Waals surface area (Å²) in [6.45, 7) is 2.68. The minimum Gasteiger partial charge on any atom is -0.493 e. The third-order valence-electron chi connectivity index (χ3n) is 4.45. The van der Waals surface area contributed by atoms with Crippen LogP contribution in [0.5, 0.6) is 17.2 Å². The second-order valence-electron chi connectivity index (χ2n) is 6.18. The Bertz CT molecular complexity index is 1010. The predicted molar refractivity (Wildman–Crippen MR) is 117 cm³/mol. The fourth-order valence-corrected chi connectivity index (χ4v) is 3.97. The Morgan fingerprint density at radius 1 is 1.03 bits per heavy atom. The highest BCUT2D eigenvalue weighted by molar-refractivity contribution is 7.99. The molecule has 2 aromatic carbocycles. The predicted octanol–water partition coefficient (Wildman–Crippen LogP) is 4.62. The lowest BCUT2D eigenvalue weighted by Gasteiger charge is -2.13. The van der Waals surface area contributed by atoms with Crippen LogP contribution in [0.2, 0.25) is 5.02 Å². The van der Waals surface area contributed by atoms with Crippen molar-refractivity contribution in [3.8, 4) is 28.6 Å². The molecule has 0 unspecified atom stereocenters. The molecular weight excluding hydrogens is 426 g/mol. The molecule has 1 heterocycles. The van der Waals surface area contributed by atoms with Crippen molar-refractivity contribution in [1.29, 1.82) is 0 Å². The monoisotopic (exact) mass is 447 g/mol. The highest BCUT2D eigenvalue weighted by Crippen LogP contribution is 2.38. The number of methoxy groups -OCH3 is 3. The number of thioether (sulfide) groups is 1. The average Bonchev–Trinajstić information content (AvgIpc) is 3.19. The Morgan fingerprint density at radius 2 is 1.67 bits per heavy atom. The van der Waals surface area contributed by atoms with E-state index in [9.17, 15) is 4.79 Å². The zero-order valence-corrected chi connectivity index (χ0v) is 18.7. The summed E-state index contributed by atoms with van der Waals surface area (Å²) in [4.78, 5) is 12.8. The highest BCUT2D eigenvalue weighted by Gasteiger charge is 2.19. The lowest BCUT2D eigenvalue weighted by molar-refractivity contribution is 0.102. The minimum atomic E-state index is -0.0852. The summed E-state index contributed by atoms with van der Waals surface area (Å²) in [6, 6.07) is 10.7. The van der Waals surface area contributed by atoms with E-state index in [1.54, 1.807) is 12.1 Å². The summed E-state index contributed by atoms with van der Waals surface area (Å²) in [5.74, 6) is 2.16. The lowest BCUT2D eigenvalue weighted by Crippen LogP contribution is -2.06. The molecule has 0 spiro atoms. The van der Waals surface area contributed by atoms with Gasteiger partial charge in [0.2, 0.25) is 5.75 Å². The van der Waals surface area contributed by atoms with Crippen molar-refractivity contribution in [2.45, 2.75) is 18.6 Å². The van der Waals surface area contributed by atoms with E-state index >= 15 is 0 Å². The van der Waals surface area contributed by atoms with Crippen molar-refractivity contribution >= 4 is 29.1 Å². The van der Waals surface area contributed by atoms with E-state index in [2.05, 4.69) is 10.2 Å². The van der Waals surface area contributed by atoms with E-state index in [1.165, 1.54) is 33.1 Å². The zero-order chi connectivity index (χ0) is 21.7. The number of aromatic nitrogens is 3. The number of ketones is 1. The summed E-state index contributed by atoms with van der Waals surface area (Å²) in [7, 11) is 4.55. The number of halogens is 1. The number of rotatable bonds is 9. The van der Waals surface area contributed by atoms with Gasteiger partial charge in [0, 0.05) is 22.7 Å². The first-order chi connectivity index (χ1) is 14.5. The third-order valence-corrected chi connectivity index (χ3v) is 5.67. The number of Topliss-reactive ketones (excluding diaryl/α,β-unsaturated/α-hetero) is 1. The summed E-state index contributed by atoms with van der Waals surface area (Å²) >= 11 is 7.30. The second kappa shape index (κ2) is 9.86. The van der Waals surface area contributed by atoms with Crippen LogP contribution in [0.15, 0.2) is 41.6 Å². The maximum atomic E-state index is 12.8. The van der Waals surface area contributed by atoms with Crippen LogP contribution in [-0.2, 0) is 6.54 Å². The van der Waals surface area contributed by atoms with E-state index in [-0.39, 0.29) is 11.5 Å². The van der Waals surface area contributed by atoms with Crippen molar-refractivity contribution in [3.63, 3.8) is 0 Å². The van der Waals surface area contributed by atoms with Gasteiger partial charge in [-0.15, -0.1) is 10.2 Å². The van der Waals surface area contributed by atoms with Gasteiger partial charge in [-0.2, -0.15) is 0 Å². The molecule has 1 aromatic heterocycles. The molecule has 158 valence electrons. The molecule has 3 rings (SSSR count). The normalized spacial score (nSPS) is 10.7. The molecular formula is C21H22ClN3O4S. The van der Waals surface area contributed by atoms with E-state index in [0.29, 0.717) is 39.5 Å². The lowest BCUT2D eigenvalue weighted by atomic mass is 10.1. The molecule has 0 fully saturated rings. The summed E-state index contributed by atoms with van der Waals surface area (Å²) in [6.07, 6.45) is 0. The molecule has 7 nitrogen and oxygen atoms in total. The molecule has 3 aromatic rings. The Morgan fingerprint density at radius 3 is 2.20 bits per heavy atom. The van der Waals surface area contributed by atoms with Crippen molar-refractivity contribution < 1.29 is 19.0 Å².